The van der Waals surface area contributed by atoms with Crippen LogP contribution in [0.4, 0.5) is 0 Å². The predicted molar refractivity (Wildman–Crippen MR) is 101 cm³/mol. The number of nitrogens with zero attached hydrogens (tertiary/aromatic N) is 2. The molecule has 25 heavy (non-hydrogen) atoms. The van der Waals surface area contributed by atoms with Gasteiger partial charge in [0.25, 0.3) is 0 Å². The monoisotopic (exact) mass is 330 g/mol. The molecule has 126 valence electrons. The number of rotatable bonds is 5. The fraction of sp³-hybridized carbons (Fsp3) is 0.227. The SMILES string of the molecule is Cc1ccc(Cn2cccc2C2=NC(Cc3ccccc3)CO2)cc1. The van der Waals surface area contributed by atoms with Gasteiger partial charge in [-0.05, 0) is 36.6 Å². The fourth-order valence-electron chi connectivity index (χ4n) is 3.18. The van der Waals surface area contributed by atoms with Gasteiger partial charge in [0.2, 0.25) is 5.90 Å². The Hall–Kier alpha value is -2.81. The van der Waals surface area contributed by atoms with Crippen LogP contribution in [0.25, 0.3) is 0 Å². The Balaban J connectivity index is 1.50. The number of aryl methyl sites for hydroxylation is 1. The number of aromatic nitrogens is 1. The highest BCUT2D eigenvalue weighted by Gasteiger charge is 2.22. The van der Waals surface area contributed by atoms with Crippen LogP contribution in [0, 0.1) is 6.92 Å². The summed E-state index contributed by atoms with van der Waals surface area (Å²) in [6.07, 6.45) is 3.01. The van der Waals surface area contributed by atoms with E-state index in [1.54, 1.807) is 0 Å². The van der Waals surface area contributed by atoms with Crippen LogP contribution < -0.4 is 0 Å². The first-order valence-electron chi connectivity index (χ1n) is 8.73. The lowest BCUT2D eigenvalue weighted by molar-refractivity contribution is 0.315. The Labute approximate surface area is 148 Å². The van der Waals surface area contributed by atoms with E-state index in [9.17, 15) is 0 Å². The lowest BCUT2D eigenvalue weighted by Crippen LogP contribution is -2.11. The summed E-state index contributed by atoms with van der Waals surface area (Å²) >= 11 is 0. The molecule has 2 aromatic carbocycles. The molecule has 3 nitrogen and oxygen atoms in total. The smallest absolute Gasteiger partial charge is 0.233 e. The van der Waals surface area contributed by atoms with Crippen LogP contribution in [0.5, 0.6) is 0 Å². The van der Waals surface area contributed by atoms with Crippen LogP contribution in [0.15, 0.2) is 77.9 Å². The predicted octanol–water partition coefficient (Wildman–Crippen LogP) is 4.23. The summed E-state index contributed by atoms with van der Waals surface area (Å²) in [4.78, 5) is 4.82. The van der Waals surface area contributed by atoms with Crippen LogP contribution in [0.2, 0.25) is 0 Å². The van der Waals surface area contributed by atoms with E-state index in [1.165, 1.54) is 16.7 Å². The van der Waals surface area contributed by atoms with E-state index in [0.717, 1.165) is 24.6 Å². The molecule has 0 amide bonds. The summed E-state index contributed by atoms with van der Waals surface area (Å²) in [6.45, 7) is 3.59. The van der Waals surface area contributed by atoms with Gasteiger partial charge in [-0.3, -0.25) is 0 Å². The third-order valence-corrected chi connectivity index (χ3v) is 4.55. The number of ether oxygens (including phenoxy) is 1. The minimum absolute atomic E-state index is 0.195. The van der Waals surface area contributed by atoms with Gasteiger partial charge < -0.3 is 9.30 Å². The first-order chi connectivity index (χ1) is 12.3. The molecule has 2 heterocycles. The average molecular weight is 330 g/mol. The second kappa shape index (κ2) is 6.98. The van der Waals surface area contributed by atoms with Gasteiger partial charge in [-0.15, -0.1) is 0 Å². The van der Waals surface area contributed by atoms with Crippen molar-refractivity contribution in [1.82, 2.24) is 4.57 Å². The molecular formula is C22H22N2O. The number of hydrogen-bond acceptors (Lipinski definition) is 2. The zero-order chi connectivity index (χ0) is 17.1. The number of benzene rings is 2. The van der Waals surface area contributed by atoms with Crippen LogP contribution in [-0.2, 0) is 17.7 Å². The van der Waals surface area contributed by atoms with Gasteiger partial charge in [0.1, 0.15) is 12.3 Å². The average Bonchev–Trinajstić information content (AvgIpc) is 3.27. The van der Waals surface area contributed by atoms with Gasteiger partial charge in [-0.2, -0.15) is 0 Å². The first-order valence-corrected chi connectivity index (χ1v) is 8.73. The second-order valence-electron chi connectivity index (χ2n) is 6.60. The summed E-state index contributed by atoms with van der Waals surface area (Å²) in [5.74, 6) is 0.762. The highest BCUT2D eigenvalue weighted by Crippen LogP contribution is 2.17. The van der Waals surface area contributed by atoms with Crippen LogP contribution >= 0.6 is 0 Å². The van der Waals surface area contributed by atoms with E-state index < -0.39 is 0 Å². The van der Waals surface area contributed by atoms with E-state index in [1.807, 2.05) is 6.07 Å². The molecule has 3 aromatic rings. The fourth-order valence-corrected chi connectivity index (χ4v) is 3.18. The highest BCUT2D eigenvalue weighted by molar-refractivity contribution is 5.93. The van der Waals surface area contributed by atoms with Crippen LogP contribution in [0.3, 0.4) is 0 Å². The van der Waals surface area contributed by atoms with Crippen molar-refractivity contribution in [2.45, 2.75) is 25.9 Å². The molecule has 1 aliphatic heterocycles. The lowest BCUT2D eigenvalue weighted by atomic mass is 10.1. The van der Waals surface area contributed by atoms with Crippen molar-refractivity contribution in [3.63, 3.8) is 0 Å². The van der Waals surface area contributed by atoms with Crippen LogP contribution in [0.1, 0.15) is 22.4 Å². The molecule has 1 aliphatic rings. The van der Waals surface area contributed by atoms with E-state index in [2.05, 4.69) is 78.4 Å². The Kier molecular flexibility index (Phi) is 4.38. The van der Waals surface area contributed by atoms with Gasteiger partial charge in [0.15, 0.2) is 0 Å². The lowest BCUT2D eigenvalue weighted by Gasteiger charge is -2.09. The van der Waals surface area contributed by atoms with Gasteiger partial charge in [0.05, 0.1) is 6.04 Å². The molecule has 1 unspecified atom stereocenters. The quantitative estimate of drug-likeness (QED) is 0.687. The van der Waals surface area contributed by atoms with Gasteiger partial charge in [0, 0.05) is 12.7 Å². The minimum Gasteiger partial charge on any atom is -0.474 e. The molecule has 0 radical (unpaired) electrons. The zero-order valence-corrected chi connectivity index (χ0v) is 14.4. The Morgan fingerprint density at radius 2 is 1.76 bits per heavy atom. The van der Waals surface area contributed by atoms with Gasteiger partial charge >= 0.3 is 0 Å². The molecule has 1 atom stereocenters. The summed E-state index contributed by atoms with van der Waals surface area (Å²) in [5.41, 5.74) is 4.92. The van der Waals surface area contributed by atoms with Crippen molar-refractivity contribution in [2.75, 3.05) is 6.61 Å². The molecule has 0 N–H and O–H groups in total. The largest absolute Gasteiger partial charge is 0.474 e. The molecular weight excluding hydrogens is 308 g/mol. The maximum Gasteiger partial charge on any atom is 0.233 e. The van der Waals surface area contributed by atoms with Crippen LogP contribution in [-0.4, -0.2) is 23.1 Å². The number of hydrogen-bond donors (Lipinski definition) is 0. The summed E-state index contributed by atoms with van der Waals surface area (Å²) in [7, 11) is 0. The topological polar surface area (TPSA) is 26.5 Å². The molecule has 4 rings (SSSR count). The van der Waals surface area contributed by atoms with Crippen molar-refractivity contribution in [1.29, 1.82) is 0 Å². The second-order valence-corrected chi connectivity index (χ2v) is 6.60. The molecule has 0 saturated heterocycles. The molecule has 0 aliphatic carbocycles. The number of aliphatic imine (C=N–C) groups is 1. The van der Waals surface area contributed by atoms with E-state index in [0.29, 0.717) is 6.61 Å². The molecule has 0 bridgehead atoms. The molecule has 1 aromatic heterocycles. The molecule has 0 saturated carbocycles. The Morgan fingerprint density at radius 3 is 2.56 bits per heavy atom. The van der Waals surface area contributed by atoms with Crippen molar-refractivity contribution < 1.29 is 4.74 Å². The van der Waals surface area contributed by atoms with Crippen molar-refractivity contribution in [2.24, 2.45) is 4.99 Å². The van der Waals surface area contributed by atoms with E-state index in [-0.39, 0.29) is 6.04 Å². The highest BCUT2D eigenvalue weighted by atomic mass is 16.5. The Morgan fingerprint density at radius 1 is 0.960 bits per heavy atom. The minimum atomic E-state index is 0.195. The summed E-state index contributed by atoms with van der Waals surface area (Å²) in [5, 5.41) is 0. The van der Waals surface area contributed by atoms with E-state index >= 15 is 0 Å². The first kappa shape index (κ1) is 15.7. The van der Waals surface area contributed by atoms with Crippen molar-refractivity contribution >= 4 is 5.90 Å². The Bertz CT molecular complexity index is 863. The van der Waals surface area contributed by atoms with Gasteiger partial charge in [-0.25, -0.2) is 4.99 Å². The third kappa shape index (κ3) is 3.66. The molecule has 0 fully saturated rings. The summed E-state index contributed by atoms with van der Waals surface area (Å²) in [6, 6.07) is 23.5. The summed E-state index contributed by atoms with van der Waals surface area (Å²) < 4.78 is 8.11. The van der Waals surface area contributed by atoms with Gasteiger partial charge in [-0.1, -0.05) is 60.2 Å². The third-order valence-electron chi connectivity index (χ3n) is 4.55. The maximum absolute atomic E-state index is 5.91. The standard InChI is InChI=1S/C22H22N2O/c1-17-9-11-19(12-10-17)15-24-13-5-8-21(24)22-23-20(16-25-22)14-18-6-3-2-4-7-18/h2-13,20H,14-16H2,1H3. The zero-order valence-electron chi connectivity index (χ0n) is 14.4. The normalized spacial score (nSPS) is 16.5. The van der Waals surface area contributed by atoms with Crippen molar-refractivity contribution in [3.8, 4) is 0 Å². The molecule has 3 heteroatoms. The van der Waals surface area contributed by atoms with E-state index in [4.69, 9.17) is 9.73 Å². The van der Waals surface area contributed by atoms with Crippen molar-refractivity contribution in [3.05, 3.63) is 95.3 Å². The molecule has 0 spiro atoms. The maximum atomic E-state index is 5.91.